The molecule has 2 N–H and O–H groups in total. The van der Waals surface area contributed by atoms with E-state index >= 15 is 0 Å². The predicted molar refractivity (Wildman–Crippen MR) is 76.5 cm³/mol. The first-order chi connectivity index (χ1) is 10.7. The second-order valence-corrected chi connectivity index (χ2v) is 4.91. The Morgan fingerprint density at radius 2 is 1.77 bits per heavy atom. The van der Waals surface area contributed by atoms with Crippen molar-refractivity contribution >= 4 is 5.97 Å². The highest BCUT2D eigenvalue weighted by Gasteiger charge is 2.07. The van der Waals surface area contributed by atoms with Crippen molar-refractivity contribution in [3.8, 4) is 11.3 Å². The minimum absolute atomic E-state index is 0.155. The summed E-state index contributed by atoms with van der Waals surface area (Å²) in [5, 5.41) is 12.8. The largest absolute Gasteiger partial charge is 0.545 e. The predicted octanol–water partition coefficient (Wildman–Crippen LogP) is 1.17. The van der Waals surface area contributed by atoms with Crippen LogP contribution in [0.5, 0.6) is 0 Å². The molecule has 3 aromatic rings. The SMILES string of the molecule is O=C([O-])c1ccc(-c2ccc(C[NH2+]Cc3ccco3)o2)cc1. The van der Waals surface area contributed by atoms with Gasteiger partial charge in [-0.25, -0.2) is 0 Å². The molecule has 0 atom stereocenters. The lowest BCUT2D eigenvalue weighted by atomic mass is 10.1. The summed E-state index contributed by atoms with van der Waals surface area (Å²) >= 11 is 0. The fraction of sp³-hybridized carbons (Fsp3) is 0.118. The van der Waals surface area contributed by atoms with Crippen LogP contribution in [-0.2, 0) is 13.1 Å². The number of furan rings is 2. The first kappa shape index (κ1) is 14.2. The van der Waals surface area contributed by atoms with Gasteiger partial charge in [-0.2, -0.15) is 0 Å². The van der Waals surface area contributed by atoms with Gasteiger partial charge in [0.05, 0.1) is 12.2 Å². The van der Waals surface area contributed by atoms with Crippen molar-refractivity contribution < 1.29 is 24.1 Å². The molecule has 0 unspecified atom stereocenters. The fourth-order valence-corrected chi connectivity index (χ4v) is 2.20. The molecule has 0 fully saturated rings. The number of carbonyl (C=O) groups excluding carboxylic acids is 1. The van der Waals surface area contributed by atoms with Gasteiger partial charge in [-0.3, -0.25) is 0 Å². The first-order valence-electron chi connectivity index (χ1n) is 6.97. The van der Waals surface area contributed by atoms with Crippen LogP contribution in [0.15, 0.2) is 63.6 Å². The van der Waals surface area contributed by atoms with Crippen molar-refractivity contribution in [3.05, 3.63) is 71.9 Å². The number of aromatic carboxylic acids is 1. The van der Waals surface area contributed by atoms with Crippen LogP contribution in [0.4, 0.5) is 0 Å². The minimum atomic E-state index is -1.18. The molecule has 3 rings (SSSR count). The van der Waals surface area contributed by atoms with Crippen LogP contribution in [0.2, 0.25) is 0 Å². The number of rotatable bonds is 6. The first-order valence-corrected chi connectivity index (χ1v) is 6.97. The Bertz CT molecular complexity index is 741. The van der Waals surface area contributed by atoms with Crippen molar-refractivity contribution in [1.29, 1.82) is 0 Å². The maximum absolute atomic E-state index is 10.7. The Kier molecular flexibility index (Phi) is 4.07. The number of carboxylic acid groups (broad SMARTS) is 1. The molecule has 112 valence electrons. The molecule has 0 radical (unpaired) electrons. The summed E-state index contributed by atoms with van der Waals surface area (Å²) in [4.78, 5) is 10.7. The van der Waals surface area contributed by atoms with Gasteiger partial charge >= 0.3 is 0 Å². The van der Waals surface area contributed by atoms with Gasteiger partial charge in [0, 0.05) is 5.56 Å². The van der Waals surface area contributed by atoms with Gasteiger partial charge in [0.15, 0.2) is 11.5 Å². The highest BCUT2D eigenvalue weighted by atomic mass is 16.4. The molecule has 0 spiro atoms. The van der Waals surface area contributed by atoms with E-state index in [0.717, 1.165) is 23.6 Å². The number of benzene rings is 1. The van der Waals surface area contributed by atoms with Gasteiger partial charge in [-0.1, -0.05) is 24.3 Å². The second-order valence-electron chi connectivity index (χ2n) is 4.91. The second kappa shape index (κ2) is 6.32. The molecule has 2 heterocycles. The highest BCUT2D eigenvalue weighted by molar-refractivity contribution is 5.86. The van der Waals surface area contributed by atoms with Crippen molar-refractivity contribution in [2.75, 3.05) is 0 Å². The number of hydrogen-bond acceptors (Lipinski definition) is 4. The zero-order valence-corrected chi connectivity index (χ0v) is 11.8. The fourth-order valence-electron chi connectivity index (χ4n) is 2.20. The monoisotopic (exact) mass is 297 g/mol. The zero-order chi connectivity index (χ0) is 15.4. The Hall–Kier alpha value is -2.79. The average Bonchev–Trinajstić information content (AvgIpc) is 3.19. The van der Waals surface area contributed by atoms with Gasteiger partial charge in [0.1, 0.15) is 18.8 Å². The van der Waals surface area contributed by atoms with Gasteiger partial charge in [0.2, 0.25) is 0 Å². The normalized spacial score (nSPS) is 10.7. The Labute approximate surface area is 127 Å². The Morgan fingerprint density at radius 1 is 1.00 bits per heavy atom. The van der Waals surface area contributed by atoms with Crippen LogP contribution in [-0.4, -0.2) is 5.97 Å². The van der Waals surface area contributed by atoms with E-state index in [-0.39, 0.29) is 5.56 Å². The topological polar surface area (TPSA) is 83.0 Å². The molecule has 2 aromatic heterocycles. The molecule has 0 aliphatic heterocycles. The van der Waals surface area contributed by atoms with Crippen LogP contribution < -0.4 is 10.4 Å². The van der Waals surface area contributed by atoms with Crippen LogP contribution in [0.3, 0.4) is 0 Å². The number of hydrogen-bond donors (Lipinski definition) is 1. The lowest BCUT2D eigenvalue weighted by molar-refractivity contribution is -0.689. The lowest BCUT2D eigenvalue weighted by Crippen LogP contribution is -2.80. The quantitative estimate of drug-likeness (QED) is 0.740. The highest BCUT2D eigenvalue weighted by Crippen LogP contribution is 2.22. The number of carboxylic acids is 1. The van der Waals surface area contributed by atoms with Crippen molar-refractivity contribution in [1.82, 2.24) is 0 Å². The molecule has 0 aliphatic carbocycles. The van der Waals surface area contributed by atoms with E-state index in [1.54, 1.807) is 18.4 Å². The zero-order valence-electron chi connectivity index (χ0n) is 11.8. The third-order valence-electron chi connectivity index (χ3n) is 3.34. The summed E-state index contributed by atoms with van der Waals surface area (Å²) in [6.45, 7) is 1.46. The molecule has 1 aromatic carbocycles. The summed E-state index contributed by atoms with van der Waals surface area (Å²) < 4.78 is 11.0. The standard InChI is InChI=1S/C17H15NO4/c19-17(20)13-5-3-12(4-6-13)16-8-7-15(22-16)11-18-10-14-2-1-9-21-14/h1-9,18H,10-11H2,(H,19,20). The Morgan fingerprint density at radius 3 is 2.45 bits per heavy atom. The van der Waals surface area contributed by atoms with Crippen LogP contribution in [0.1, 0.15) is 21.9 Å². The van der Waals surface area contributed by atoms with Crippen molar-refractivity contribution in [3.63, 3.8) is 0 Å². The summed E-state index contributed by atoms with van der Waals surface area (Å²) in [5.41, 5.74) is 0.990. The van der Waals surface area contributed by atoms with E-state index in [1.807, 2.05) is 24.3 Å². The van der Waals surface area contributed by atoms with Crippen LogP contribution in [0, 0.1) is 0 Å². The maximum Gasteiger partial charge on any atom is 0.158 e. The Balaban J connectivity index is 1.61. The van der Waals surface area contributed by atoms with E-state index in [9.17, 15) is 9.90 Å². The molecule has 5 heteroatoms. The van der Waals surface area contributed by atoms with E-state index in [0.29, 0.717) is 12.3 Å². The third-order valence-corrected chi connectivity index (χ3v) is 3.34. The van der Waals surface area contributed by atoms with E-state index in [2.05, 4.69) is 5.32 Å². The number of quaternary nitrogens is 1. The van der Waals surface area contributed by atoms with Gasteiger partial charge in [0.25, 0.3) is 0 Å². The summed E-state index contributed by atoms with van der Waals surface area (Å²) in [7, 11) is 0. The van der Waals surface area contributed by atoms with Crippen LogP contribution in [0.25, 0.3) is 11.3 Å². The summed E-state index contributed by atoms with van der Waals surface area (Å²) in [6, 6.07) is 14.0. The van der Waals surface area contributed by atoms with E-state index < -0.39 is 5.97 Å². The molecule has 22 heavy (non-hydrogen) atoms. The molecule has 0 saturated carbocycles. The van der Waals surface area contributed by atoms with Crippen molar-refractivity contribution in [2.45, 2.75) is 13.1 Å². The molecule has 0 bridgehead atoms. The molecular weight excluding hydrogens is 282 g/mol. The minimum Gasteiger partial charge on any atom is -0.545 e. The molecule has 0 amide bonds. The van der Waals surface area contributed by atoms with Gasteiger partial charge in [-0.05, 0) is 29.8 Å². The molecule has 5 nitrogen and oxygen atoms in total. The van der Waals surface area contributed by atoms with E-state index in [4.69, 9.17) is 8.83 Å². The third kappa shape index (κ3) is 3.27. The number of nitrogens with two attached hydrogens (primary N) is 1. The molecule has 0 saturated heterocycles. The molecular formula is C17H15NO4. The molecule has 0 aliphatic rings. The average molecular weight is 297 g/mol. The summed E-state index contributed by atoms with van der Waals surface area (Å²) in [5.74, 6) is 1.31. The van der Waals surface area contributed by atoms with Crippen molar-refractivity contribution in [2.24, 2.45) is 0 Å². The lowest BCUT2D eigenvalue weighted by Gasteiger charge is -2.03. The number of carbonyl (C=O) groups is 1. The smallest absolute Gasteiger partial charge is 0.158 e. The van der Waals surface area contributed by atoms with E-state index in [1.165, 1.54) is 12.1 Å². The summed E-state index contributed by atoms with van der Waals surface area (Å²) in [6.07, 6.45) is 1.66. The maximum atomic E-state index is 10.7. The van der Waals surface area contributed by atoms with Gasteiger partial charge < -0.3 is 24.1 Å². The van der Waals surface area contributed by atoms with Gasteiger partial charge in [-0.15, -0.1) is 0 Å². The van der Waals surface area contributed by atoms with Crippen LogP contribution >= 0.6 is 0 Å².